The Morgan fingerprint density at radius 3 is 2.62 bits per heavy atom. The summed E-state index contributed by atoms with van der Waals surface area (Å²) < 4.78 is 10.7. The topological polar surface area (TPSA) is 45.8 Å². The summed E-state index contributed by atoms with van der Waals surface area (Å²) in [4.78, 5) is 2.43. The summed E-state index contributed by atoms with van der Waals surface area (Å²) in [6, 6.07) is 0. The van der Waals surface area contributed by atoms with Gasteiger partial charge in [0, 0.05) is 39.3 Å². The Labute approximate surface area is 98.5 Å². The van der Waals surface area contributed by atoms with Crippen molar-refractivity contribution >= 4 is 0 Å². The highest BCUT2D eigenvalue weighted by atomic mass is 16.5. The molecule has 5 nitrogen and oxygen atoms in total. The van der Waals surface area contributed by atoms with E-state index in [4.69, 9.17) is 9.47 Å². The first-order valence-corrected chi connectivity index (χ1v) is 6.16. The maximum atomic E-state index is 5.41. The normalized spacial score (nSPS) is 17.8. The minimum absolute atomic E-state index is 0.793. The van der Waals surface area contributed by atoms with Gasteiger partial charge in [0.05, 0.1) is 26.4 Å². The van der Waals surface area contributed by atoms with Crippen molar-refractivity contribution in [2.45, 2.75) is 0 Å². The number of rotatable bonds is 9. The molecule has 1 aliphatic heterocycles. The zero-order valence-electron chi connectivity index (χ0n) is 10.3. The molecular weight excluding hydrogens is 206 g/mol. The van der Waals surface area contributed by atoms with Crippen molar-refractivity contribution in [3.05, 3.63) is 0 Å². The molecule has 96 valence electrons. The molecule has 2 N–H and O–H groups in total. The lowest BCUT2D eigenvalue weighted by Gasteiger charge is -2.26. The van der Waals surface area contributed by atoms with Crippen LogP contribution in [0, 0.1) is 0 Å². The van der Waals surface area contributed by atoms with Gasteiger partial charge in [0.25, 0.3) is 0 Å². The molecule has 0 aromatic carbocycles. The van der Waals surface area contributed by atoms with Crippen molar-refractivity contribution in [2.24, 2.45) is 0 Å². The number of ether oxygens (including phenoxy) is 2. The van der Waals surface area contributed by atoms with Gasteiger partial charge >= 0.3 is 0 Å². The lowest BCUT2D eigenvalue weighted by atomic mass is 10.4. The quantitative estimate of drug-likeness (QED) is 0.506. The fraction of sp³-hybridized carbons (Fsp3) is 1.00. The predicted octanol–water partition coefficient (Wildman–Crippen LogP) is -0.856. The van der Waals surface area contributed by atoms with Gasteiger partial charge in [0.2, 0.25) is 0 Å². The second-order valence-electron chi connectivity index (χ2n) is 3.92. The third kappa shape index (κ3) is 7.14. The second-order valence-corrected chi connectivity index (χ2v) is 3.92. The largest absolute Gasteiger partial charge is 0.379 e. The van der Waals surface area contributed by atoms with Gasteiger partial charge in [-0.3, -0.25) is 4.90 Å². The molecule has 0 saturated carbocycles. The van der Waals surface area contributed by atoms with E-state index in [1.165, 1.54) is 0 Å². The van der Waals surface area contributed by atoms with Crippen LogP contribution in [0.4, 0.5) is 0 Å². The fourth-order valence-corrected chi connectivity index (χ4v) is 1.61. The predicted molar refractivity (Wildman–Crippen MR) is 64.9 cm³/mol. The van der Waals surface area contributed by atoms with Crippen molar-refractivity contribution in [1.29, 1.82) is 0 Å². The van der Waals surface area contributed by atoms with Gasteiger partial charge in [-0.1, -0.05) is 0 Å². The SMILES string of the molecule is CNCCOCCNCCN1CCOCC1. The first-order valence-electron chi connectivity index (χ1n) is 6.16. The van der Waals surface area contributed by atoms with Crippen LogP contribution < -0.4 is 10.6 Å². The first kappa shape index (κ1) is 13.9. The Kier molecular flexibility index (Phi) is 8.65. The molecule has 1 fully saturated rings. The average Bonchev–Trinajstić information content (AvgIpc) is 2.34. The summed E-state index contributed by atoms with van der Waals surface area (Å²) in [5.41, 5.74) is 0. The standard InChI is InChI=1S/C11H25N3O2/c1-12-3-8-15-9-4-13-2-5-14-6-10-16-11-7-14/h12-13H,2-11H2,1H3. The molecule has 0 unspecified atom stereocenters. The van der Waals surface area contributed by atoms with Gasteiger partial charge in [-0.15, -0.1) is 0 Å². The van der Waals surface area contributed by atoms with Crippen LogP contribution in [0.5, 0.6) is 0 Å². The molecule has 1 rings (SSSR count). The van der Waals surface area contributed by atoms with E-state index in [2.05, 4.69) is 15.5 Å². The van der Waals surface area contributed by atoms with Gasteiger partial charge in [-0.05, 0) is 7.05 Å². The number of hydrogen-bond acceptors (Lipinski definition) is 5. The summed E-state index contributed by atoms with van der Waals surface area (Å²) in [6.07, 6.45) is 0. The Balaban J connectivity index is 1.77. The van der Waals surface area contributed by atoms with Gasteiger partial charge in [0.1, 0.15) is 0 Å². The van der Waals surface area contributed by atoms with Crippen molar-refractivity contribution in [3.63, 3.8) is 0 Å². The molecule has 16 heavy (non-hydrogen) atoms. The number of nitrogens with zero attached hydrogens (tertiary/aromatic N) is 1. The van der Waals surface area contributed by atoms with E-state index >= 15 is 0 Å². The maximum absolute atomic E-state index is 5.41. The minimum atomic E-state index is 0.793. The molecule has 5 heteroatoms. The number of hydrogen-bond donors (Lipinski definition) is 2. The Hall–Kier alpha value is -0.200. The van der Waals surface area contributed by atoms with Crippen molar-refractivity contribution in [3.8, 4) is 0 Å². The Morgan fingerprint density at radius 2 is 1.88 bits per heavy atom. The molecule has 0 spiro atoms. The number of likely N-dealkylation sites (N-methyl/N-ethyl adjacent to an activating group) is 1. The highest BCUT2D eigenvalue weighted by molar-refractivity contribution is 4.62. The molecule has 0 radical (unpaired) electrons. The Bertz CT molecular complexity index is 152. The van der Waals surface area contributed by atoms with E-state index in [9.17, 15) is 0 Å². The van der Waals surface area contributed by atoms with E-state index in [0.29, 0.717) is 0 Å². The minimum Gasteiger partial charge on any atom is -0.379 e. The van der Waals surface area contributed by atoms with E-state index in [1.807, 2.05) is 7.05 Å². The van der Waals surface area contributed by atoms with E-state index in [-0.39, 0.29) is 0 Å². The van der Waals surface area contributed by atoms with Crippen LogP contribution in [0.15, 0.2) is 0 Å². The van der Waals surface area contributed by atoms with Gasteiger partial charge in [-0.25, -0.2) is 0 Å². The number of morpholine rings is 1. The van der Waals surface area contributed by atoms with Crippen LogP contribution in [0.3, 0.4) is 0 Å². The summed E-state index contributed by atoms with van der Waals surface area (Å²) in [5.74, 6) is 0. The first-order chi connectivity index (χ1) is 7.93. The Morgan fingerprint density at radius 1 is 1.12 bits per heavy atom. The molecule has 0 aliphatic carbocycles. The zero-order chi connectivity index (χ0) is 11.5. The molecule has 1 saturated heterocycles. The van der Waals surface area contributed by atoms with E-state index in [1.54, 1.807) is 0 Å². The van der Waals surface area contributed by atoms with E-state index < -0.39 is 0 Å². The van der Waals surface area contributed by atoms with Gasteiger partial charge < -0.3 is 20.1 Å². The average molecular weight is 231 g/mol. The summed E-state index contributed by atoms with van der Waals surface area (Å²) in [6.45, 7) is 9.50. The highest BCUT2D eigenvalue weighted by Gasteiger charge is 2.08. The lowest BCUT2D eigenvalue weighted by molar-refractivity contribution is 0.0381. The van der Waals surface area contributed by atoms with Crippen LogP contribution in [-0.2, 0) is 9.47 Å². The molecule has 0 amide bonds. The molecule has 0 atom stereocenters. The van der Waals surface area contributed by atoms with Crippen molar-refractivity contribution in [1.82, 2.24) is 15.5 Å². The lowest BCUT2D eigenvalue weighted by Crippen LogP contribution is -2.40. The maximum Gasteiger partial charge on any atom is 0.0594 e. The molecule has 1 heterocycles. The fourth-order valence-electron chi connectivity index (χ4n) is 1.61. The van der Waals surface area contributed by atoms with Crippen LogP contribution in [-0.4, -0.2) is 77.6 Å². The summed E-state index contributed by atoms with van der Waals surface area (Å²) in [5, 5.41) is 6.43. The van der Waals surface area contributed by atoms with Crippen LogP contribution >= 0.6 is 0 Å². The molecule has 1 aliphatic rings. The number of nitrogens with one attached hydrogen (secondary N) is 2. The van der Waals surface area contributed by atoms with Gasteiger partial charge in [-0.2, -0.15) is 0 Å². The second kappa shape index (κ2) is 9.99. The summed E-state index contributed by atoms with van der Waals surface area (Å²) >= 11 is 0. The molecule has 0 bridgehead atoms. The smallest absolute Gasteiger partial charge is 0.0594 e. The van der Waals surface area contributed by atoms with Gasteiger partial charge in [0.15, 0.2) is 0 Å². The third-order valence-electron chi connectivity index (χ3n) is 2.63. The van der Waals surface area contributed by atoms with Crippen LogP contribution in [0.25, 0.3) is 0 Å². The van der Waals surface area contributed by atoms with Crippen molar-refractivity contribution in [2.75, 3.05) is 72.7 Å². The van der Waals surface area contributed by atoms with E-state index in [0.717, 1.165) is 65.7 Å². The highest BCUT2D eigenvalue weighted by Crippen LogP contribution is 1.94. The molecule has 0 aromatic rings. The van der Waals surface area contributed by atoms with Crippen molar-refractivity contribution < 1.29 is 9.47 Å². The zero-order valence-corrected chi connectivity index (χ0v) is 10.3. The molecular formula is C11H25N3O2. The third-order valence-corrected chi connectivity index (χ3v) is 2.63. The van der Waals surface area contributed by atoms with Crippen LogP contribution in [0.1, 0.15) is 0 Å². The van der Waals surface area contributed by atoms with Crippen LogP contribution in [0.2, 0.25) is 0 Å². The monoisotopic (exact) mass is 231 g/mol. The summed E-state index contributed by atoms with van der Waals surface area (Å²) in [7, 11) is 1.93. The molecule has 0 aromatic heterocycles.